The largest absolute Gasteiger partial charge is 0.362 e. The number of rotatable bonds is 8. The Morgan fingerprint density at radius 3 is 2.47 bits per heavy atom. The fourth-order valence-electron chi connectivity index (χ4n) is 4.13. The molecule has 2 aromatic carbocycles. The van der Waals surface area contributed by atoms with Crippen LogP contribution in [0.5, 0.6) is 0 Å². The first-order chi connectivity index (χ1) is 15.6. The van der Waals surface area contributed by atoms with Gasteiger partial charge in [0, 0.05) is 37.0 Å². The van der Waals surface area contributed by atoms with Gasteiger partial charge in [-0.1, -0.05) is 30.3 Å². The van der Waals surface area contributed by atoms with E-state index in [9.17, 15) is 4.79 Å². The Balaban J connectivity index is 1.24. The molecule has 0 radical (unpaired) electrons. The van der Waals surface area contributed by atoms with Gasteiger partial charge in [-0.05, 0) is 55.9 Å². The van der Waals surface area contributed by atoms with Gasteiger partial charge < -0.3 is 15.5 Å². The number of para-hydroxylation sites is 1. The van der Waals surface area contributed by atoms with Gasteiger partial charge in [-0.2, -0.15) is 4.98 Å². The fraction of sp³-hybridized carbons (Fsp3) is 0.400. The van der Waals surface area contributed by atoms with Gasteiger partial charge in [-0.3, -0.25) is 4.79 Å². The standard InChI is InChI=1S/C25H31N5OS/c1-30(2)24-21-10-6-7-11-22(21)28-25(29-24)27-19-14-12-18(13-15-19)16-26-23(31)17-32-20-8-4-3-5-9-20/h3-11,18-19H,12-17H2,1-2H3,(H,26,31)(H,27,28,29)/t18-,19+. The first kappa shape index (κ1) is 22.4. The van der Waals surface area contributed by atoms with E-state index in [-0.39, 0.29) is 5.91 Å². The first-order valence-corrected chi connectivity index (χ1v) is 12.2. The molecule has 0 spiro atoms. The van der Waals surface area contributed by atoms with Gasteiger partial charge >= 0.3 is 0 Å². The van der Waals surface area contributed by atoms with Gasteiger partial charge in [0.15, 0.2) is 0 Å². The normalized spacial score (nSPS) is 18.3. The van der Waals surface area contributed by atoms with Crippen molar-refractivity contribution in [3.8, 4) is 0 Å². The zero-order chi connectivity index (χ0) is 22.3. The van der Waals surface area contributed by atoms with Gasteiger partial charge in [-0.25, -0.2) is 4.98 Å². The maximum atomic E-state index is 12.2. The summed E-state index contributed by atoms with van der Waals surface area (Å²) >= 11 is 1.58. The van der Waals surface area contributed by atoms with Crippen LogP contribution in [0.3, 0.4) is 0 Å². The Kier molecular flexibility index (Phi) is 7.47. The van der Waals surface area contributed by atoms with Crippen molar-refractivity contribution in [3.63, 3.8) is 0 Å². The minimum absolute atomic E-state index is 0.111. The second kappa shape index (κ2) is 10.7. The number of hydrogen-bond donors (Lipinski definition) is 2. The van der Waals surface area contributed by atoms with Crippen LogP contribution in [-0.4, -0.2) is 48.3 Å². The van der Waals surface area contributed by atoms with Crippen molar-refractivity contribution >= 4 is 40.3 Å². The lowest BCUT2D eigenvalue weighted by Gasteiger charge is -2.29. The summed E-state index contributed by atoms with van der Waals surface area (Å²) in [5, 5.41) is 7.73. The van der Waals surface area contributed by atoms with Crippen LogP contribution in [0.1, 0.15) is 25.7 Å². The van der Waals surface area contributed by atoms with E-state index in [1.807, 2.05) is 67.5 Å². The topological polar surface area (TPSA) is 70.2 Å². The number of carbonyl (C=O) groups is 1. The number of nitrogens with one attached hydrogen (secondary N) is 2. The first-order valence-electron chi connectivity index (χ1n) is 11.2. The molecule has 1 saturated carbocycles. The van der Waals surface area contributed by atoms with Crippen LogP contribution in [0.4, 0.5) is 11.8 Å². The molecule has 0 unspecified atom stereocenters. The van der Waals surface area contributed by atoms with E-state index in [4.69, 9.17) is 9.97 Å². The SMILES string of the molecule is CN(C)c1nc(N[C@H]2CC[C@@H](CNC(=O)CSc3ccccc3)CC2)nc2ccccc12. The molecule has 1 heterocycles. The summed E-state index contributed by atoms with van der Waals surface area (Å²) in [4.78, 5) is 24.8. The van der Waals surface area contributed by atoms with Crippen LogP contribution in [0.25, 0.3) is 10.9 Å². The highest BCUT2D eigenvalue weighted by Crippen LogP contribution is 2.28. The van der Waals surface area contributed by atoms with E-state index in [0.717, 1.165) is 53.8 Å². The van der Waals surface area contributed by atoms with E-state index in [2.05, 4.69) is 16.7 Å². The lowest BCUT2D eigenvalue weighted by Crippen LogP contribution is -2.35. The van der Waals surface area contributed by atoms with Crippen LogP contribution >= 0.6 is 11.8 Å². The third-order valence-electron chi connectivity index (χ3n) is 5.89. The summed E-state index contributed by atoms with van der Waals surface area (Å²) < 4.78 is 0. The Hall–Kier alpha value is -2.80. The lowest BCUT2D eigenvalue weighted by molar-refractivity contribution is -0.118. The van der Waals surface area contributed by atoms with Crippen LogP contribution in [0.2, 0.25) is 0 Å². The Morgan fingerprint density at radius 2 is 1.72 bits per heavy atom. The molecule has 168 valence electrons. The minimum atomic E-state index is 0.111. The molecule has 4 rings (SSSR count). The van der Waals surface area contributed by atoms with Crippen LogP contribution in [0, 0.1) is 5.92 Å². The third kappa shape index (κ3) is 5.91. The van der Waals surface area contributed by atoms with Crippen molar-refractivity contribution in [2.45, 2.75) is 36.6 Å². The summed E-state index contributed by atoms with van der Waals surface area (Å²) in [5.41, 5.74) is 0.957. The van der Waals surface area contributed by atoms with E-state index in [1.165, 1.54) is 0 Å². The number of carbonyl (C=O) groups excluding carboxylic acids is 1. The van der Waals surface area contributed by atoms with Gasteiger partial charge in [0.2, 0.25) is 11.9 Å². The molecule has 3 aromatic rings. The second-order valence-electron chi connectivity index (χ2n) is 8.55. The Bertz CT molecular complexity index is 1030. The average molecular weight is 450 g/mol. The fourth-order valence-corrected chi connectivity index (χ4v) is 4.88. The third-order valence-corrected chi connectivity index (χ3v) is 6.90. The quantitative estimate of drug-likeness (QED) is 0.491. The smallest absolute Gasteiger partial charge is 0.230 e. The van der Waals surface area contributed by atoms with Gasteiger partial charge in [0.05, 0.1) is 11.3 Å². The molecular formula is C25H31N5OS. The molecule has 32 heavy (non-hydrogen) atoms. The molecule has 0 atom stereocenters. The molecule has 1 aliphatic rings. The number of aromatic nitrogens is 2. The predicted molar refractivity (Wildman–Crippen MR) is 133 cm³/mol. The molecule has 2 N–H and O–H groups in total. The predicted octanol–water partition coefficient (Wildman–Crippen LogP) is 4.58. The number of amides is 1. The highest BCUT2D eigenvalue weighted by Gasteiger charge is 2.22. The zero-order valence-electron chi connectivity index (χ0n) is 18.8. The van der Waals surface area contributed by atoms with Crippen molar-refractivity contribution < 1.29 is 4.79 Å². The van der Waals surface area contributed by atoms with E-state index >= 15 is 0 Å². The summed E-state index contributed by atoms with van der Waals surface area (Å²) in [6.07, 6.45) is 4.31. The van der Waals surface area contributed by atoms with Gasteiger partial charge in [-0.15, -0.1) is 11.8 Å². The molecule has 7 heteroatoms. The highest BCUT2D eigenvalue weighted by atomic mass is 32.2. The lowest BCUT2D eigenvalue weighted by atomic mass is 9.86. The van der Waals surface area contributed by atoms with E-state index in [0.29, 0.717) is 23.7 Å². The average Bonchev–Trinajstić information content (AvgIpc) is 2.82. The molecular weight excluding hydrogens is 418 g/mol. The molecule has 0 aliphatic heterocycles. The number of fused-ring (bicyclic) bond motifs is 1. The van der Waals surface area contributed by atoms with Crippen LogP contribution in [0.15, 0.2) is 59.5 Å². The number of thioether (sulfide) groups is 1. The maximum Gasteiger partial charge on any atom is 0.230 e. The number of benzene rings is 2. The molecule has 0 bridgehead atoms. The molecule has 0 saturated heterocycles. The summed E-state index contributed by atoms with van der Waals surface area (Å²) in [7, 11) is 4.02. The zero-order valence-corrected chi connectivity index (χ0v) is 19.6. The second-order valence-corrected chi connectivity index (χ2v) is 9.60. The van der Waals surface area contributed by atoms with Crippen molar-refractivity contribution in [2.24, 2.45) is 5.92 Å². The summed E-state index contributed by atoms with van der Waals surface area (Å²) in [6.45, 7) is 0.762. The van der Waals surface area contributed by atoms with E-state index < -0.39 is 0 Å². The highest BCUT2D eigenvalue weighted by molar-refractivity contribution is 8.00. The van der Waals surface area contributed by atoms with Crippen LogP contribution in [-0.2, 0) is 4.79 Å². The van der Waals surface area contributed by atoms with Gasteiger partial charge in [0.1, 0.15) is 5.82 Å². The van der Waals surface area contributed by atoms with Crippen molar-refractivity contribution in [1.29, 1.82) is 0 Å². The van der Waals surface area contributed by atoms with E-state index in [1.54, 1.807) is 11.8 Å². The Labute approximate surface area is 194 Å². The summed E-state index contributed by atoms with van der Waals surface area (Å²) in [6, 6.07) is 18.5. The molecule has 1 fully saturated rings. The maximum absolute atomic E-state index is 12.2. The minimum Gasteiger partial charge on any atom is -0.362 e. The number of hydrogen-bond acceptors (Lipinski definition) is 6. The van der Waals surface area contributed by atoms with Gasteiger partial charge in [0.25, 0.3) is 0 Å². The molecule has 1 aromatic heterocycles. The van der Waals surface area contributed by atoms with Crippen molar-refractivity contribution in [1.82, 2.24) is 15.3 Å². The number of anilines is 2. The monoisotopic (exact) mass is 449 g/mol. The molecule has 6 nitrogen and oxygen atoms in total. The molecule has 1 aliphatic carbocycles. The summed E-state index contributed by atoms with van der Waals surface area (Å²) in [5.74, 6) is 2.74. The van der Waals surface area contributed by atoms with Crippen molar-refractivity contribution in [2.75, 3.05) is 36.6 Å². The number of nitrogens with zero attached hydrogens (tertiary/aromatic N) is 3. The Morgan fingerprint density at radius 1 is 1.00 bits per heavy atom. The van der Waals surface area contributed by atoms with Crippen LogP contribution < -0.4 is 15.5 Å². The molecule has 1 amide bonds. The van der Waals surface area contributed by atoms with Crippen molar-refractivity contribution in [3.05, 3.63) is 54.6 Å².